The highest BCUT2D eigenvalue weighted by atomic mass is 16.5. The first-order chi connectivity index (χ1) is 15.2. The highest BCUT2D eigenvalue weighted by Gasteiger charge is 2.23. The van der Waals surface area contributed by atoms with Crippen molar-refractivity contribution in [1.82, 2.24) is 10.6 Å². The summed E-state index contributed by atoms with van der Waals surface area (Å²) in [7, 11) is 1.69. The van der Waals surface area contributed by atoms with Gasteiger partial charge in [0.2, 0.25) is 0 Å². The third-order valence-electron chi connectivity index (χ3n) is 6.24. The van der Waals surface area contributed by atoms with Crippen LogP contribution in [0.15, 0.2) is 48.5 Å². The standard InChI is InChI=1S/C25H33N3O3/c1-30-24-8-4-5-21(15-24)28-14-13-20(18-28)17-27-25(29)26-16-19-9-11-23(12-10-19)31-22-6-2-3-7-22/h4-5,8-12,15,20,22H,2-3,6-7,13-14,16-18H2,1H3,(H2,26,27,29). The summed E-state index contributed by atoms with van der Waals surface area (Å²) in [5.41, 5.74) is 2.24. The average molecular weight is 424 g/mol. The Hall–Kier alpha value is -2.89. The third-order valence-corrected chi connectivity index (χ3v) is 6.24. The lowest BCUT2D eigenvalue weighted by Gasteiger charge is -2.19. The van der Waals surface area contributed by atoms with E-state index in [2.05, 4.69) is 27.7 Å². The molecule has 6 nitrogen and oxygen atoms in total. The topological polar surface area (TPSA) is 62.8 Å². The van der Waals surface area contributed by atoms with Crippen LogP contribution in [0, 0.1) is 5.92 Å². The van der Waals surface area contributed by atoms with Crippen LogP contribution in [0.2, 0.25) is 0 Å². The first-order valence-corrected chi connectivity index (χ1v) is 11.4. The number of methoxy groups -OCH3 is 1. The maximum Gasteiger partial charge on any atom is 0.315 e. The number of carbonyl (C=O) groups excluding carboxylic acids is 1. The second-order valence-electron chi connectivity index (χ2n) is 8.53. The molecule has 2 aromatic rings. The van der Waals surface area contributed by atoms with Crippen LogP contribution in [0.5, 0.6) is 11.5 Å². The molecule has 1 aliphatic carbocycles. The number of urea groups is 1. The van der Waals surface area contributed by atoms with Gasteiger partial charge in [0.05, 0.1) is 13.2 Å². The number of hydrogen-bond acceptors (Lipinski definition) is 4. The number of nitrogens with one attached hydrogen (secondary N) is 2. The molecule has 166 valence electrons. The molecule has 2 amide bonds. The SMILES string of the molecule is COc1cccc(N2CCC(CNC(=O)NCc3ccc(OC4CCCC4)cc3)C2)c1. The number of anilines is 1. The van der Waals surface area contributed by atoms with E-state index < -0.39 is 0 Å². The second kappa shape index (κ2) is 10.4. The summed E-state index contributed by atoms with van der Waals surface area (Å²) in [5, 5.41) is 5.98. The zero-order valence-electron chi connectivity index (χ0n) is 18.3. The molecule has 0 spiro atoms. The number of nitrogens with zero attached hydrogens (tertiary/aromatic N) is 1. The molecule has 0 aromatic heterocycles. The van der Waals surface area contributed by atoms with Crippen LogP contribution >= 0.6 is 0 Å². The number of carbonyl (C=O) groups is 1. The molecule has 1 atom stereocenters. The molecule has 1 heterocycles. The molecule has 31 heavy (non-hydrogen) atoms. The van der Waals surface area contributed by atoms with Gasteiger partial charge in [-0.25, -0.2) is 4.79 Å². The zero-order chi connectivity index (χ0) is 21.5. The quantitative estimate of drug-likeness (QED) is 0.663. The number of benzene rings is 2. The van der Waals surface area contributed by atoms with Crippen molar-refractivity contribution in [2.75, 3.05) is 31.6 Å². The van der Waals surface area contributed by atoms with Crippen LogP contribution in [0.3, 0.4) is 0 Å². The molecule has 6 heteroatoms. The van der Waals surface area contributed by atoms with Crippen molar-refractivity contribution in [1.29, 1.82) is 0 Å². The Morgan fingerprint density at radius 2 is 1.84 bits per heavy atom. The third kappa shape index (κ3) is 6.06. The highest BCUT2D eigenvalue weighted by Crippen LogP contribution is 2.27. The summed E-state index contributed by atoms with van der Waals surface area (Å²) < 4.78 is 11.3. The van der Waals surface area contributed by atoms with Crippen molar-refractivity contribution in [2.24, 2.45) is 5.92 Å². The molecule has 1 saturated carbocycles. The van der Waals surface area contributed by atoms with Crippen LogP contribution in [-0.2, 0) is 6.54 Å². The lowest BCUT2D eigenvalue weighted by atomic mass is 10.1. The Kier molecular flexibility index (Phi) is 7.18. The normalized spacial score (nSPS) is 18.7. The van der Waals surface area contributed by atoms with Crippen molar-refractivity contribution in [3.05, 3.63) is 54.1 Å². The van der Waals surface area contributed by atoms with Crippen LogP contribution < -0.4 is 25.0 Å². The summed E-state index contributed by atoms with van der Waals surface area (Å²) in [6.07, 6.45) is 6.28. The molecule has 2 fully saturated rings. The maximum atomic E-state index is 12.2. The first-order valence-electron chi connectivity index (χ1n) is 11.4. The van der Waals surface area contributed by atoms with Crippen LogP contribution in [0.4, 0.5) is 10.5 Å². The van der Waals surface area contributed by atoms with Gasteiger partial charge in [-0.1, -0.05) is 18.2 Å². The number of hydrogen-bond donors (Lipinski definition) is 2. The molecule has 4 rings (SSSR count). The summed E-state index contributed by atoms with van der Waals surface area (Å²) in [6.45, 7) is 3.13. The van der Waals surface area contributed by atoms with E-state index in [-0.39, 0.29) is 6.03 Å². The van der Waals surface area contributed by atoms with E-state index in [1.165, 1.54) is 18.5 Å². The molecule has 2 aliphatic rings. The van der Waals surface area contributed by atoms with Gasteiger partial charge in [0.1, 0.15) is 11.5 Å². The number of amides is 2. The van der Waals surface area contributed by atoms with E-state index in [1.807, 2.05) is 36.4 Å². The molecular formula is C25H33N3O3. The van der Waals surface area contributed by atoms with Gasteiger partial charge >= 0.3 is 6.03 Å². The van der Waals surface area contributed by atoms with Gasteiger partial charge in [0, 0.05) is 37.9 Å². The van der Waals surface area contributed by atoms with E-state index >= 15 is 0 Å². The van der Waals surface area contributed by atoms with Crippen molar-refractivity contribution in [2.45, 2.75) is 44.8 Å². The van der Waals surface area contributed by atoms with Crippen molar-refractivity contribution < 1.29 is 14.3 Å². The Labute approximate surface area is 184 Å². The van der Waals surface area contributed by atoms with Crippen molar-refractivity contribution in [3.63, 3.8) is 0 Å². The molecule has 0 bridgehead atoms. The summed E-state index contributed by atoms with van der Waals surface area (Å²) >= 11 is 0. The molecule has 0 radical (unpaired) electrons. The number of rotatable bonds is 8. The van der Waals surface area contributed by atoms with E-state index in [4.69, 9.17) is 9.47 Å². The Bertz CT molecular complexity index is 849. The Morgan fingerprint density at radius 1 is 1.03 bits per heavy atom. The summed E-state index contributed by atoms with van der Waals surface area (Å²) in [4.78, 5) is 14.6. The van der Waals surface area contributed by atoms with Gasteiger partial charge in [-0.05, 0) is 67.9 Å². The molecule has 2 N–H and O–H groups in total. The fraction of sp³-hybridized carbons (Fsp3) is 0.480. The maximum absolute atomic E-state index is 12.2. The first kappa shape index (κ1) is 21.3. The van der Waals surface area contributed by atoms with Crippen molar-refractivity contribution >= 4 is 11.7 Å². The highest BCUT2D eigenvalue weighted by molar-refractivity contribution is 5.73. The van der Waals surface area contributed by atoms with Crippen LogP contribution in [0.25, 0.3) is 0 Å². The van der Waals surface area contributed by atoms with E-state index in [1.54, 1.807) is 7.11 Å². The van der Waals surface area contributed by atoms with Gasteiger partial charge in [-0.2, -0.15) is 0 Å². The Morgan fingerprint density at radius 3 is 2.61 bits per heavy atom. The average Bonchev–Trinajstić information content (AvgIpc) is 3.49. The molecule has 1 unspecified atom stereocenters. The van der Waals surface area contributed by atoms with E-state index in [0.717, 1.165) is 49.4 Å². The van der Waals surface area contributed by atoms with Crippen LogP contribution in [-0.4, -0.2) is 38.9 Å². The van der Waals surface area contributed by atoms with E-state index in [9.17, 15) is 4.79 Å². The van der Waals surface area contributed by atoms with E-state index in [0.29, 0.717) is 25.1 Å². The zero-order valence-corrected chi connectivity index (χ0v) is 18.3. The van der Waals surface area contributed by atoms with Gasteiger partial charge in [0.15, 0.2) is 0 Å². The minimum absolute atomic E-state index is 0.119. The minimum atomic E-state index is -0.119. The molecule has 2 aromatic carbocycles. The van der Waals surface area contributed by atoms with Gasteiger partial charge in [-0.3, -0.25) is 0 Å². The molecule has 1 saturated heterocycles. The summed E-state index contributed by atoms with van der Waals surface area (Å²) in [5.74, 6) is 2.24. The van der Waals surface area contributed by atoms with Gasteiger partial charge in [0.25, 0.3) is 0 Å². The number of ether oxygens (including phenoxy) is 2. The Balaban J connectivity index is 1.16. The summed E-state index contributed by atoms with van der Waals surface area (Å²) in [6, 6.07) is 16.1. The predicted octanol–water partition coefficient (Wildman–Crippen LogP) is 4.34. The monoisotopic (exact) mass is 423 g/mol. The predicted molar refractivity (Wildman–Crippen MR) is 123 cm³/mol. The second-order valence-corrected chi connectivity index (χ2v) is 8.53. The fourth-order valence-corrected chi connectivity index (χ4v) is 4.41. The lowest BCUT2D eigenvalue weighted by Crippen LogP contribution is -2.38. The largest absolute Gasteiger partial charge is 0.497 e. The molecular weight excluding hydrogens is 390 g/mol. The van der Waals surface area contributed by atoms with Gasteiger partial charge < -0.3 is 25.0 Å². The van der Waals surface area contributed by atoms with Gasteiger partial charge in [-0.15, -0.1) is 0 Å². The minimum Gasteiger partial charge on any atom is -0.497 e. The molecule has 1 aliphatic heterocycles. The smallest absolute Gasteiger partial charge is 0.315 e. The lowest BCUT2D eigenvalue weighted by molar-refractivity contribution is 0.210. The van der Waals surface area contributed by atoms with Crippen LogP contribution in [0.1, 0.15) is 37.7 Å². The van der Waals surface area contributed by atoms with Crippen molar-refractivity contribution in [3.8, 4) is 11.5 Å². The fourth-order valence-electron chi connectivity index (χ4n) is 4.41.